The first-order valence-electron chi connectivity index (χ1n) is 13.4. The Hall–Kier alpha value is -3.56. The van der Waals surface area contributed by atoms with Crippen LogP contribution >= 0.6 is 0 Å². The molecule has 3 aromatic heterocycles. The van der Waals surface area contributed by atoms with Crippen molar-refractivity contribution in [2.45, 2.75) is 45.3 Å². The number of hydrogen-bond donors (Lipinski definition) is 0. The lowest BCUT2D eigenvalue weighted by Gasteiger charge is -2.26. The molecule has 1 aromatic carbocycles. The van der Waals surface area contributed by atoms with Crippen molar-refractivity contribution in [1.82, 2.24) is 29.4 Å². The zero-order chi connectivity index (χ0) is 26.0. The lowest BCUT2D eigenvalue weighted by molar-refractivity contribution is 0.0357. The third-order valence-corrected chi connectivity index (χ3v) is 7.28. The molecule has 0 radical (unpaired) electrons. The molecule has 0 unspecified atom stereocenters. The number of pyridine rings is 1. The number of imidazole rings is 1. The van der Waals surface area contributed by atoms with E-state index in [0.717, 1.165) is 80.3 Å². The number of morpholine rings is 1. The van der Waals surface area contributed by atoms with Gasteiger partial charge < -0.3 is 18.8 Å². The van der Waals surface area contributed by atoms with Gasteiger partial charge in [-0.25, -0.2) is 15.0 Å². The SMILES string of the molecule is Cc1cc(OCCCN2CCOCC2)ncc1-c1nc2c(OC3(C)CC3)ncnc2n1Cc1ccccc1. The molecule has 9 heteroatoms. The van der Waals surface area contributed by atoms with E-state index in [1.807, 2.05) is 30.5 Å². The highest BCUT2D eigenvalue weighted by Crippen LogP contribution is 2.41. The van der Waals surface area contributed by atoms with Crippen LogP contribution in [-0.4, -0.2) is 74.5 Å². The van der Waals surface area contributed by atoms with Gasteiger partial charge >= 0.3 is 0 Å². The van der Waals surface area contributed by atoms with Crippen LogP contribution in [0.25, 0.3) is 22.6 Å². The maximum Gasteiger partial charge on any atom is 0.245 e. The van der Waals surface area contributed by atoms with Gasteiger partial charge in [0.1, 0.15) is 17.8 Å². The van der Waals surface area contributed by atoms with Gasteiger partial charge in [0.2, 0.25) is 11.8 Å². The predicted octanol–water partition coefficient (Wildman–Crippen LogP) is 4.28. The maximum absolute atomic E-state index is 6.26. The molecule has 38 heavy (non-hydrogen) atoms. The molecular weight excluding hydrogens is 480 g/mol. The molecule has 198 valence electrons. The van der Waals surface area contributed by atoms with E-state index < -0.39 is 0 Å². The van der Waals surface area contributed by atoms with E-state index in [9.17, 15) is 0 Å². The molecule has 0 bridgehead atoms. The van der Waals surface area contributed by atoms with E-state index in [-0.39, 0.29) is 5.60 Å². The second-order valence-electron chi connectivity index (χ2n) is 10.4. The molecular formula is C29H34N6O3. The number of nitrogens with zero attached hydrogens (tertiary/aromatic N) is 6. The summed E-state index contributed by atoms with van der Waals surface area (Å²) in [5.74, 6) is 1.96. The molecule has 1 aliphatic heterocycles. The zero-order valence-corrected chi connectivity index (χ0v) is 22.1. The van der Waals surface area contributed by atoms with Crippen molar-refractivity contribution in [3.63, 3.8) is 0 Å². The number of benzene rings is 1. The number of ether oxygens (including phenoxy) is 3. The number of aryl methyl sites for hydroxylation is 1. The van der Waals surface area contributed by atoms with Gasteiger partial charge in [-0.15, -0.1) is 0 Å². The number of aromatic nitrogens is 5. The Morgan fingerprint density at radius 2 is 1.87 bits per heavy atom. The molecule has 1 saturated carbocycles. The van der Waals surface area contributed by atoms with Crippen LogP contribution in [0.15, 0.2) is 48.9 Å². The highest BCUT2D eigenvalue weighted by atomic mass is 16.5. The molecule has 1 aliphatic carbocycles. The van der Waals surface area contributed by atoms with Crippen LogP contribution in [-0.2, 0) is 11.3 Å². The summed E-state index contributed by atoms with van der Waals surface area (Å²) in [4.78, 5) is 21.1. The Kier molecular flexibility index (Phi) is 6.95. The number of hydrogen-bond acceptors (Lipinski definition) is 8. The van der Waals surface area contributed by atoms with Crippen molar-refractivity contribution in [3.8, 4) is 23.1 Å². The molecule has 2 fully saturated rings. The first-order valence-corrected chi connectivity index (χ1v) is 13.4. The standard InChI is InChI=1S/C29H34N6O3/c1-21-17-24(37-14-6-11-34-12-15-36-16-13-34)30-18-23(21)26-33-25-27(35(26)19-22-7-4-3-5-8-22)31-20-32-28(25)38-29(2)9-10-29/h3-5,7-8,17-18,20H,6,9-16,19H2,1-2H3. The van der Waals surface area contributed by atoms with Gasteiger partial charge in [0.25, 0.3) is 0 Å². The Morgan fingerprint density at radius 3 is 2.63 bits per heavy atom. The van der Waals surface area contributed by atoms with Crippen LogP contribution in [0.5, 0.6) is 11.8 Å². The van der Waals surface area contributed by atoms with E-state index in [0.29, 0.717) is 30.4 Å². The average molecular weight is 515 g/mol. The Morgan fingerprint density at radius 1 is 1.05 bits per heavy atom. The zero-order valence-electron chi connectivity index (χ0n) is 22.1. The number of rotatable bonds is 10. The molecule has 0 spiro atoms. The molecule has 2 aliphatic rings. The van der Waals surface area contributed by atoms with Crippen molar-refractivity contribution in [3.05, 3.63) is 60.0 Å². The second kappa shape index (κ2) is 10.7. The quantitative estimate of drug-likeness (QED) is 0.290. The van der Waals surface area contributed by atoms with E-state index in [4.69, 9.17) is 19.2 Å². The topological polar surface area (TPSA) is 87.4 Å². The summed E-state index contributed by atoms with van der Waals surface area (Å²) in [6, 6.07) is 12.3. The monoisotopic (exact) mass is 514 g/mol. The fourth-order valence-electron chi connectivity index (χ4n) is 4.76. The Labute approximate surface area is 222 Å². The van der Waals surface area contributed by atoms with Gasteiger partial charge in [-0.3, -0.25) is 4.90 Å². The van der Waals surface area contributed by atoms with Crippen molar-refractivity contribution in [2.24, 2.45) is 0 Å². The van der Waals surface area contributed by atoms with Gasteiger partial charge in [-0.05, 0) is 44.2 Å². The minimum atomic E-state index is -0.164. The third kappa shape index (κ3) is 5.49. The Bertz CT molecular complexity index is 1400. The van der Waals surface area contributed by atoms with Crippen molar-refractivity contribution < 1.29 is 14.2 Å². The van der Waals surface area contributed by atoms with Crippen LogP contribution in [0.4, 0.5) is 0 Å². The molecule has 4 aromatic rings. The van der Waals surface area contributed by atoms with Gasteiger partial charge in [-0.1, -0.05) is 30.3 Å². The average Bonchev–Trinajstić information content (AvgIpc) is 3.56. The Balaban J connectivity index is 1.26. The highest BCUT2D eigenvalue weighted by molar-refractivity contribution is 5.82. The second-order valence-corrected chi connectivity index (χ2v) is 10.4. The van der Waals surface area contributed by atoms with Gasteiger partial charge in [0, 0.05) is 37.5 Å². The van der Waals surface area contributed by atoms with Crippen molar-refractivity contribution in [2.75, 3.05) is 39.5 Å². The maximum atomic E-state index is 6.26. The van der Waals surface area contributed by atoms with E-state index >= 15 is 0 Å². The summed E-state index contributed by atoms with van der Waals surface area (Å²) in [5, 5.41) is 0. The lowest BCUT2D eigenvalue weighted by Crippen LogP contribution is -2.37. The summed E-state index contributed by atoms with van der Waals surface area (Å²) < 4.78 is 19.8. The van der Waals surface area contributed by atoms with Crippen LogP contribution in [0, 0.1) is 6.92 Å². The van der Waals surface area contributed by atoms with Crippen molar-refractivity contribution in [1.29, 1.82) is 0 Å². The largest absolute Gasteiger partial charge is 0.478 e. The third-order valence-electron chi connectivity index (χ3n) is 7.28. The first-order chi connectivity index (χ1) is 18.6. The van der Waals surface area contributed by atoms with E-state index in [1.165, 1.54) is 0 Å². The van der Waals surface area contributed by atoms with E-state index in [2.05, 4.69) is 50.4 Å². The molecule has 0 atom stereocenters. The minimum absolute atomic E-state index is 0.164. The molecule has 4 heterocycles. The van der Waals surface area contributed by atoms with E-state index in [1.54, 1.807) is 6.33 Å². The highest BCUT2D eigenvalue weighted by Gasteiger charge is 2.41. The minimum Gasteiger partial charge on any atom is -0.478 e. The fourth-order valence-corrected chi connectivity index (χ4v) is 4.76. The van der Waals surface area contributed by atoms with Crippen LogP contribution in [0.1, 0.15) is 37.3 Å². The summed E-state index contributed by atoms with van der Waals surface area (Å²) in [6.45, 7) is 10.1. The first kappa shape index (κ1) is 24.8. The molecule has 0 N–H and O–H groups in total. The molecule has 9 nitrogen and oxygen atoms in total. The van der Waals surface area contributed by atoms with Crippen molar-refractivity contribution >= 4 is 11.2 Å². The summed E-state index contributed by atoms with van der Waals surface area (Å²) in [7, 11) is 0. The number of fused-ring (bicyclic) bond motifs is 1. The van der Waals surface area contributed by atoms with Gasteiger partial charge in [-0.2, -0.15) is 4.98 Å². The summed E-state index contributed by atoms with van der Waals surface area (Å²) in [5.41, 5.74) is 4.40. The summed E-state index contributed by atoms with van der Waals surface area (Å²) in [6.07, 6.45) is 6.41. The predicted molar refractivity (Wildman–Crippen MR) is 144 cm³/mol. The molecule has 0 amide bonds. The molecule has 1 saturated heterocycles. The van der Waals surface area contributed by atoms with Gasteiger partial charge in [0.15, 0.2) is 11.2 Å². The van der Waals surface area contributed by atoms with Crippen LogP contribution in [0.2, 0.25) is 0 Å². The molecule has 6 rings (SSSR count). The van der Waals surface area contributed by atoms with Crippen LogP contribution < -0.4 is 9.47 Å². The fraction of sp³-hybridized carbons (Fsp3) is 0.448. The normalized spacial score (nSPS) is 17.0. The van der Waals surface area contributed by atoms with Crippen LogP contribution in [0.3, 0.4) is 0 Å². The van der Waals surface area contributed by atoms with Gasteiger partial charge in [0.05, 0.1) is 26.4 Å². The smallest absolute Gasteiger partial charge is 0.245 e. The lowest BCUT2D eigenvalue weighted by atomic mass is 10.1. The summed E-state index contributed by atoms with van der Waals surface area (Å²) >= 11 is 0.